The number of nitrogens with one attached hydrogen (secondary N) is 1. The van der Waals surface area contributed by atoms with Gasteiger partial charge in [-0.15, -0.1) is 0 Å². The lowest BCUT2D eigenvalue weighted by Crippen LogP contribution is -2.14. The zero-order chi connectivity index (χ0) is 16.9. The minimum Gasteiger partial charge on any atom is -0.502 e. The molecule has 3 rings (SSSR count). The third kappa shape index (κ3) is 3.67. The SMILES string of the molecule is O=c1[nH]c(SCc2ccccc2)nc(C(O)c2ccccc2)c1O. The molecule has 122 valence electrons. The molecule has 6 heteroatoms. The molecule has 1 unspecified atom stereocenters. The van der Waals surface area contributed by atoms with Gasteiger partial charge in [0.25, 0.3) is 5.56 Å². The second-order valence-electron chi connectivity index (χ2n) is 5.19. The highest BCUT2D eigenvalue weighted by molar-refractivity contribution is 7.98. The van der Waals surface area contributed by atoms with Crippen molar-refractivity contribution < 1.29 is 10.2 Å². The first kappa shape index (κ1) is 16.3. The second kappa shape index (κ2) is 7.33. The van der Waals surface area contributed by atoms with Gasteiger partial charge >= 0.3 is 0 Å². The summed E-state index contributed by atoms with van der Waals surface area (Å²) in [5.41, 5.74) is 0.944. The molecule has 0 spiro atoms. The van der Waals surface area contributed by atoms with E-state index in [1.807, 2.05) is 36.4 Å². The maximum absolute atomic E-state index is 11.9. The smallest absolute Gasteiger partial charge is 0.294 e. The standard InChI is InChI=1S/C18H16N2O3S/c21-15(13-9-5-2-6-10-13)14-16(22)17(23)20-18(19-14)24-11-12-7-3-1-4-8-12/h1-10,15,21-22H,11H2,(H,19,20,23). The van der Waals surface area contributed by atoms with Crippen LogP contribution in [0.25, 0.3) is 0 Å². The summed E-state index contributed by atoms with van der Waals surface area (Å²) in [6.45, 7) is 0. The maximum Gasteiger partial charge on any atom is 0.294 e. The average molecular weight is 340 g/mol. The minimum atomic E-state index is -1.16. The van der Waals surface area contributed by atoms with E-state index >= 15 is 0 Å². The van der Waals surface area contributed by atoms with Crippen molar-refractivity contribution in [3.8, 4) is 5.75 Å². The van der Waals surface area contributed by atoms with Crippen LogP contribution in [0.15, 0.2) is 70.6 Å². The van der Waals surface area contributed by atoms with Gasteiger partial charge in [0.15, 0.2) is 5.16 Å². The number of nitrogens with zero attached hydrogens (tertiary/aromatic N) is 1. The van der Waals surface area contributed by atoms with E-state index in [2.05, 4.69) is 9.97 Å². The highest BCUT2D eigenvalue weighted by Crippen LogP contribution is 2.27. The summed E-state index contributed by atoms with van der Waals surface area (Å²) in [6.07, 6.45) is -1.16. The van der Waals surface area contributed by atoms with Gasteiger partial charge in [-0.2, -0.15) is 0 Å². The molecular formula is C18H16N2O3S. The molecule has 1 atom stereocenters. The van der Waals surface area contributed by atoms with Crippen molar-refractivity contribution in [1.82, 2.24) is 9.97 Å². The average Bonchev–Trinajstić information content (AvgIpc) is 2.63. The van der Waals surface area contributed by atoms with Crippen molar-refractivity contribution in [3.05, 3.63) is 87.8 Å². The van der Waals surface area contributed by atoms with Crippen LogP contribution in [0.2, 0.25) is 0 Å². The lowest BCUT2D eigenvalue weighted by atomic mass is 10.1. The molecule has 1 heterocycles. The van der Waals surface area contributed by atoms with Crippen LogP contribution in [-0.4, -0.2) is 20.2 Å². The first-order valence-corrected chi connectivity index (χ1v) is 8.36. The van der Waals surface area contributed by atoms with Crippen molar-refractivity contribution in [3.63, 3.8) is 0 Å². The Balaban J connectivity index is 1.87. The monoisotopic (exact) mass is 340 g/mol. The number of rotatable bonds is 5. The molecule has 0 aliphatic rings. The Morgan fingerprint density at radius 1 is 1.04 bits per heavy atom. The highest BCUT2D eigenvalue weighted by atomic mass is 32.2. The van der Waals surface area contributed by atoms with Crippen LogP contribution in [0, 0.1) is 0 Å². The molecule has 3 N–H and O–H groups in total. The summed E-state index contributed by atoms with van der Waals surface area (Å²) >= 11 is 1.33. The largest absolute Gasteiger partial charge is 0.502 e. The predicted molar refractivity (Wildman–Crippen MR) is 93.0 cm³/mol. The molecule has 0 radical (unpaired) electrons. The Morgan fingerprint density at radius 3 is 2.33 bits per heavy atom. The van der Waals surface area contributed by atoms with E-state index in [0.717, 1.165) is 5.56 Å². The van der Waals surface area contributed by atoms with Crippen LogP contribution in [0.1, 0.15) is 22.9 Å². The van der Waals surface area contributed by atoms with Crippen molar-refractivity contribution in [1.29, 1.82) is 0 Å². The summed E-state index contributed by atoms with van der Waals surface area (Å²) in [7, 11) is 0. The number of hydrogen-bond donors (Lipinski definition) is 3. The zero-order valence-electron chi connectivity index (χ0n) is 12.7. The number of aromatic amines is 1. The molecular weight excluding hydrogens is 324 g/mol. The number of hydrogen-bond acceptors (Lipinski definition) is 5. The molecule has 3 aromatic rings. The van der Waals surface area contributed by atoms with E-state index in [-0.39, 0.29) is 5.69 Å². The lowest BCUT2D eigenvalue weighted by molar-refractivity contribution is 0.208. The Hall–Kier alpha value is -2.57. The number of H-pyrrole nitrogens is 1. The van der Waals surface area contributed by atoms with E-state index in [1.165, 1.54) is 11.8 Å². The van der Waals surface area contributed by atoms with E-state index < -0.39 is 17.4 Å². The number of thioether (sulfide) groups is 1. The molecule has 0 bridgehead atoms. The van der Waals surface area contributed by atoms with E-state index in [4.69, 9.17) is 0 Å². The van der Waals surface area contributed by atoms with E-state index in [1.54, 1.807) is 24.3 Å². The molecule has 5 nitrogen and oxygen atoms in total. The first-order chi connectivity index (χ1) is 11.6. The Kier molecular flexibility index (Phi) is 4.98. The summed E-state index contributed by atoms with van der Waals surface area (Å²) in [5, 5.41) is 20.7. The fraction of sp³-hybridized carbons (Fsp3) is 0.111. The summed E-state index contributed by atoms with van der Waals surface area (Å²) in [4.78, 5) is 18.7. The molecule has 1 aromatic heterocycles. The van der Waals surface area contributed by atoms with Crippen molar-refractivity contribution in [2.75, 3.05) is 0 Å². The van der Waals surface area contributed by atoms with Crippen LogP contribution in [0.3, 0.4) is 0 Å². The molecule has 0 amide bonds. The predicted octanol–water partition coefficient (Wildman–Crippen LogP) is 2.85. The number of benzene rings is 2. The fourth-order valence-corrected chi connectivity index (χ4v) is 3.06. The maximum atomic E-state index is 11.9. The van der Waals surface area contributed by atoms with Gasteiger partial charge in [0.2, 0.25) is 5.75 Å². The second-order valence-corrected chi connectivity index (χ2v) is 6.16. The molecule has 0 aliphatic carbocycles. The van der Waals surface area contributed by atoms with Gasteiger partial charge in [0, 0.05) is 5.75 Å². The summed E-state index contributed by atoms with van der Waals surface area (Å²) < 4.78 is 0. The summed E-state index contributed by atoms with van der Waals surface area (Å²) in [5.74, 6) is 0.0607. The number of aromatic nitrogens is 2. The van der Waals surface area contributed by atoms with Gasteiger partial charge in [-0.25, -0.2) is 4.98 Å². The van der Waals surface area contributed by atoms with Crippen LogP contribution < -0.4 is 5.56 Å². The molecule has 2 aromatic carbocycles. The number of aliphatic hydroxyl groups excluding tert-OH is 1. The molecule has 0 fully saturated rings. The van der Waals surface area contributed by atoms with Crippen molar-refractivity contribution >= 4 is 11.8 Å². The van der Waals surface area contributed by atoms with Crippen molar-refractivity contribution in [2.24, 2.45) is 0 Å². The van der Waals surface area contributed by atoms with Crippen LogP contribution >= 0.6 is 11.8 Å². The molecule has 0 saturated heterocycles. The normalized spacial score (nSPS) is 12.0. The zero-order valence-corrected chi connectivity index (χ0v) is 13.5. The molecule has 24 heavy (non-hydrogen) atoms. The van der Waals surface area contributed by atoms with Gasteiger partial charge < -0.3 is 10.2 Å². The van der Waals surface area contributed by atoms with Crippen LogP contribution in [0.5, 0.6) is 5.75 Å². The van der Waals surface area contributed by atoms with Gasteiger partial charge in [-0.05, 0) is 11.1 Å². The van der Waals surface area contributed by atoms with Crippen LogP contribution in [0.4, 0.5) is 0 Å². The topological polar surface area (TPSA) is 86.2 Å². The van der Waals surface area contributed by atoms with E-state index in [0.29, 0.717) is 16.5 Å². The minimum absolute atomic E-state index is 0.0412. The number of aromatic hydroxyl groups is 1. The first-order valence-electron chi connectivity index (χ1n) is 7.38. The lowest BCUT2D eigenvalue weighted by Gasteiger charge is -2.12. The van der Waals surface area contributed by atoms with Gasteiger partial charge in [-0.1, -0.05) is 72.4 Å². The Labute approximate surface area is 143 Å². The Morgan fingerprint density at radius 2 is 1.67 bits per heavy atom. The third-order valence-corrected chi connectivity index (χ3v) is 4.44. The number of aliphatic hydroxyl groups is 1. The third-order valence-electron chi connectivity index (χ3n) is 3.49. The molecule has 0 saturated carbocycles. The van der Waals surface area contributed by atoms with Crippen molar-refractivity contribution in [2.45, 2.75) is 17.0 Å². The Bertz CT molecular complexity index is 866. The van der Waals surface area contributed by atoms with Gasteiger partial charge in [0.05, 0.1) is 0 Å². The highest BCUT2D eigenvalue weighted by Gasteiger charge is 2.20. The van der Waals surface area contributed by atoms with Gasteiger partial charge in [-0.3, -0.25) is 9.78 Å². The summed E-state index contributed by atoms with van der Waals surface area (Å²) in [6, 6.07) is 18.6. The quantitative estimate of drug-likeness (QED) is 0.491. The molecule has 0 aliphatic heterocycles. The van der Waals surface area contributed by atoms with Gasteiger partial charge in [0.1, 0.15) is 11.8 Å². The van der Waals surface area contributed by atoms with E-state index in [9.17, 15) is 15.0 Å². The fourth-order valence-electron chi connectivity index (χ4n) is 2.24. The van der Waals surface area contributed by atoms with Crippen LogP contribution in [-0.2, 0) is 5.75 Å².